The number of hydrogen-bond donors (Lipinski definition) is 1. The number of thiazole rings is 1. The van der Waals surface area contributed by atoms with Crippen molar-refractivity contribution in [2.45, 2.75) is 12.2 Å². The third-order valence-electron chi connectivity index (χ3n) is 3.16. The number of hydrogen-bond acceptors (Lipinski definition) is 4. The number of fused-ring (bicyclic) bond motifs is 1. The maximum atomic E-state index is 12.7. The van der Waals surface area contributed by atoms with E-state index in [1.54, 1.807) is 13.3 Å². The lowest BCUT2D eigenvalue weighted by atomic mass is 10.1. The molecule has 0 radical (unpaired) electrons. The van der Waals surface area contributed by atoms with Crippen LogP contribution in [0.3, 0.4) is 0 Å². The minimum Gasteiger partial charge on any atom is -0.464 e. The first kappa shape index (κ1) is 14.1. The van der Waals surface area contributed by atoms with Crippen LogP contribution in [0.1, 0.15) is 21.5 Å². The second-order valence-corrected chi connectivity index (χ2v) is 5.54. The molecule has 0 spiro atoms. The Labute approximate surface area is 122 Å². The molecule has 0 fully saturated rings. The van der Waals surface area contributed by atoms with Crippen molar-refractivity contribution in [2.75, 3.05) is 7.05 Å². The molecule has 1 atom stereocenters. The van der Waals surface area contributed by atoms with E-state index < -0.39 is 11.2 Å². The van der Waals surface area contributed by atoms with Gasteiger partial charge >= 0.3 is 6.18 Å². The number of alkyl halides is 3. The number of halogens is 3. The third kappa shape index (κ3) is 2.54. The third-order valence-corrected chi connectivity index (χ3v) is 4.27. The van der Waals surface area contributed by atoms with Gasteiger partial charge in [0.15, 0.2) is 5.01 Å². The zero-order chi connectivity index (χ0) is 15.0. The van der Waals surface area contributed by atoms with E-state index in [0.717, 1.165) is 10.9 Å². The number of furan rings is 1. The molecule has 21 heavy (non-hydrogen) atoms. The van der Waals surface area contributed by atoms with Gasteiger partial charge in [-0.1, -0.05) is 18.2 Å². The largest absolute Gasteiger partial charge is 0.464 e. The van der Waals surface area contributed by atoms with Crippen molar-refractivity contribution in [3.05, 3.63) is 52.2 Å². The van der Waals surface area contributed by atoms with E-state index in [1.165, 1.54) is 6.20 Å². The Balaban J connectivity index is 2.04. The fraction of sp³-hybridized carbons (Fsp3) is 0.214. The Kier molecular flexibility index (Phi) is 3.46. The fourth-order valence-corrected chi connectivity index (χ4v) is 3.14. The second-order valence-electron chi connectivity index (χ2n) is 4.47. The molecule has 0 aliphatic heterocycles. The Morgan fingerprint density at radius 1 is 1.29 bits per heavy atom. The summed E-state index contributed by atoms with van der Waals surface area (Å²) in [6.07, 6.45) is -1.59. The summed E-state index contributed by atoms with van der Waals surface area (Å²) in [5, 5.41) is 3.05. The first-order valence-corrected chi connectivity index (χ1v) is 6.98. The van der Waals surface area contributed by atoms with Crippen LogP contribution in [0.25, 0.3) is 11.0 Å². The van der Waals surface area contributed by atoms with Gasteiger partial charge in [-0.25, -0.2) is 4.98 Å². The normalized spacial score (nSPS) is 13.7. The number of nitrogens with zero attached hydrogens (tertiary/aromatic N) is 1. The molecule has 1 aromatic carbocycles. The van der Waals surface area contributed by atoms with Crippen LogP contribution in [0.5, 0.6) is 0 Å². The minimum absolute atomic E-state index is 0.387. The molecule has 0 saturated heterocycles. The van der Waals surface area contributed by atoms with E-state index in [1.807, 2.05) is 24.3 Å². The summed E-state index contributed by atoms with van der Waals surface area (Å²) in [6.45, 7) is 0. The van der Waals surface area contributed by atoms with Crippen LogP contribution in [-0.2, 0) is 6.18 Å². The minimum atomic E-state index is -4.42. The van der Waals surface area contributed by atoms with Gasteiger partial charge in [-0.15, -0.1) is 11.3 Å². The molecule has 0 aliphatic carbocycles. The van der Waals surface area contributed by atoms with Crippen LogP contribution in [0.4, 0.5) is 13.2 Å². The number of benzene rings is 1. The van der Waals surface area contributed by atoms with Crippen molar-refractivity contribution in [2.24, 2.45) is 0 Å². The molecule has 7 heteroatoms. The molecule has 1 N–H and O–H groups in total. The zero-order valence-corrected chi connectivity index (χ0v) is 11.8. The lowest BCUT2D eigenvalue weighted by Crippen LogP contribution is -2.16. The molecule has 3 rings (SSSR count). The van der Waals surface area contributed by atoms with Gasteiger partial charge in [-0.05, 0) is 13.1 Å². The summed E-state index contributed by atoms with van der Waals surface area (Å²) in [6, 6.07) is 7.02. The summed E-state index contributed by atoms with van der Waals surface area (Å²) >= 11 is 0.639. The number of nitrogens with one attached hydrogen (secondary N) is 1. The topological polar surface area (TPSA) is 38.1 Å². The van der Waals surface area contributed by atoms with Gasteiger partial charge < -0.3 is 9.73 Å². The smallest absolute Gasteiger partial charge is 0.443 e. The van der Waals surface area contributed by atoms with Gasteiger partial charge in [0.2, 0.25) is 0 Å². The highest BCUT2D eigenvalue weighted by Gasteiger charge is 2.35. The maximum absolute atomic E-state index is 12.7. The van der Waals surface area contributed by atoms with Crippen molar-refractivity contribution >= 4 is 22.3 Å². The van der Waals surface area contributed by atoms with E-state index >= 15 is 0 Å². The van der Waals surface area contributed by atoms with Crippen molar-refractivity contribution in [3.8, 4) is 0 Å². The molecule has 0 saturated carbocycles. The van der Waals surface area contributed by atoms with E-state index in [9.17, 15) is 13.2 Å². The number of aromatic nitrogens is 1. The SMILES string of the molecule is CNC(c1cnc(C(F)(F)F)s1)c1coc2ccccc12. The Morgan fingerprint density at radius 3 is 2.71 bits per heavy atom. The van der Waals surface area contributed by atoms with E-state index in [4.69, 9.17) is 4.42 Å². The predicted octanol–water partition coefficient (Wildman–Crippen LogP) is 4.22. The standard InChI is InChI=1S/C14H11F3N2OS/c1-18-12(11-6-19-13(21-11)14(15,16)17)9-7-20-10-5-3-2-4-8(9)10/h2-7,12,18H,1H3. The highest BCUT2D eigenvalue weighted by molar-refractivity contribution is 7.11. The molecule has 3 nitrogen and oxygen atoms in total. The maximum Gasteiger partial charge on any atom is 0.443 e. The van der Waals surface area contributed by atoms with Gasteiger partial charge in [0.25, 0.3) is 0 Å². The Morgan fingerprint density at radius 2 is 2.05 bits per heavy atom. The van der Waals surface area contributed by atoms with Gasteiger partial charge in [0, 0.05) is 22.0 Å². The monoisotopic (exact) mass is 312 g/mol. The van der Waals surface area contributed by atoms with E-state index in [2.05, 4.69) is 10.3 Å². The fourth-order valence-electron chi connectivity index (χ4n) is 2.22. The van der Waals surface area contributed by atoms with Gasteiger partial charge in [0.1, 0.15) is 5.58 Å². The molecule has 0 amide bonds. The van der Waals surface area contributed by atoms with Gasteiger partial charge in [-0.3, -0.25) is 0 Å². The lowest BCUT2D eigenvalue weighted by Gasteiger charge is -2.12. The van der Waals surface area contributed by atoms with Gasteiger partial charge in [0.05, 0.1) is 12.3 Å². The molecule has 110 valence electrons. The summed E-state index contributed by atoms with van der Waals surface area (Å²) in [5.41, 5.74) is 1.50. The van der Waals surface area contributed by atoms with Crippen LogP contribution in [-0.4, -0.2) is 12.0 Å². The first-order chi connectivity index (χ1) is 10.0. The van der Waals surface area contributed by atoms with Crippen molar-refractivity contribution in [1.82, 2.24) is 10.3 Å². The van der Waals surface area contributed by atoms with Crippen LogP contribution in [0.15, 0.2) is 41.1 Å². The molecule has 0 aliphatic rings. The van der Waals surface area contributed by atoms with Gasteiger partial charge in [-0.2, -0.15) is 13.2 Å². The predicted molar refractivity (Wildman–Crippen MR) is 74.2 cm³/mol. The average molecular weight is 312 g/mol. The highest BCUT2D eigenvalue weighted by Crippen LogP contribution is 2.37. The molecular formula is C14H11F3N2OS. The molecule has 0 bridgehead atoms. The zero-order valence-electron chi connectivity index (χ0n) is 10.9. The molecular weight excluding hydrogens is 301 g/mol. The van der Waals surface area contributed by atoms with Crippen LogP contribution in [0.2, 0.25) is 0 Å². The van der Waals surface area contributed by atoms with Crippen LogP contribution in [0, 0.1) is 0 Å². The van der Waals surface area contributed by atoms with Crippen LogP contribution >= 0.6 is 11.3 Å². The molecule has 2 heterocycles. The number of para-hydroxylation sites is 1. The summed E-state index contributed by atoms with van der Waals surface area (Å²) in [7, 11) is 1.69. The lowest BCUT2D eigenvalue weighted by molar-refractivity contribution is -0.137. The highest BCUT2D eigenvalue weighted by atomic mass is 32.1. The summed E-state index contributed by atoms with van der Waals surface area (Å²) in [4.78, 5) is 3.97. The number of rotatable bonds is 3. The molecule has 3 aromatic rings. The van der Waals surface area contributed by atoms with Crippen LogP contribution < -0.4 is 5.32 Å². The molecule has 1 unspecified atom stereocenters. The molecule has 2 aromatic heterocycles. The van der Waals surface area contributed by atoms with Crippen molar-refractivity contribution < 1.29 is 17.6 Å². The second kappa shape index (κ2) is 5.16. The summed E-state index contributed by atoms with van der Waals surface area (Å²) in [5.74, 6) is 0. The first-order valence-electron chi connectivity index (χ1n) is 6.17. The Bertz CT molecular complexity index is 763. The van der Waals surface area contributed by atoms with Crippen molar-refractivity contribution in [3.63, 3.8) is 0 Å². The van der Waals surface area contributed by atoms with E-state index in [0.29, 0.717) is 21.8 Å². The Hall–Kier alpha value is -1.86. The average Bonchev–Trinajstić information content (AvgIpc) is 3.07. The van der Waals surface area contributed by atoms with E-state index in [-0.39, 0.29) is 6.04 Å². The summed E-state index contributed by atoms with van der Waals surface area (Å²) < 4.78 is 43.5. The van der Waals surface area contributed by atoms with Crippen molar-refractivity contribution in [1.29, 1.82) is 0 Å². The quantitative estimate of drug-likeness (QED) is 0.787.